The predicted octanol–water partition coefficient (Wildman–Crippen LogP) is -2.03. The summed E-state index contributed by atoms with van der Waals surface area (Å²) in [6.07, 6.45) is 0. The maximum absolute atomic E-state index is 9.22. The van der Waals surface area contributed by atoms with Gasteiger partial charge in [0, 0.05) is 27.7 Å². The molecule has 0 rings (SSSR count). The van der Waals surface area contributed by atoms with Gasteiger partial charge in [0.2, 0.25) is 23.6 Å². The Morgan fingerprint density at radius 3 is 0.500 bits per heavy atom. The summed E-state index contributed by atoms with van der Waals surface area (Å²) in [5.74, 6) is -1.33. The van der Waals surface area contributed by atoms with Gasteiger partial charge in [0.05, 0.1) is 0 Å². The van der Waals surface area contributed by atoms with Gasteiger partial charge in [-0.1, -0.05) is 0 Å². The zero-order valence-electron chi connectivity index (χ0n) is 9.94. The van der Waals surface area contributed by atoms with E-state index < -0.39 is 0 Å². The van der Waals surface area contributed by atoms with Gasteiger partial charge in [0.1, 0.15) is 0 Å². The first-order chi connectivity index (χ1) is 6.93. The third-order valence-corrected chi connectivity index (χ3v) is 0. The summed E-state index contributed by atoms with van der Waals surface area (Å²) >= 11 is 0. The van der Waals surface area contributed by atoms with Gasteiger partial charge < -0.3 is 22.9 Å². The number of rotatable bonds is 0. The minimum Gasteiger partial charge on any atom is -0.370 e. The van der Waals surface area contributed by atoms with Crippen LogP contribution in [0.2, 0.25) is 0 Å². The molecule has 0 aromatic heterocycles. The van der Waals surface area contributed by atoms with Crippen molar-refractivity contribution in [2.75, 3.05) is 0 Å². The topological polar surface area (TPSA) is 172 Å². The number of hydrogen-bond donors (Lipinski definition) is 4. The van der Waals surface area contributed by atoms with E-state index >= 15 is 0 Å². The molecule has 16 heavy (non-hydrogen) atoms. The molecule has 96 valence electrons. The highest BCUT2D eigenvalue weighted by molar-refractivity contribution is 5.71. The second kappa shape index (κ2) is 18.6. The van der Waals surface area contributed by atoms with Crippen molar-refractivity contribution < 1.29 is 19.2 Å². The van der Waals surface area contributed by atoms with Crippen LogP contribution in [0.1, 0.15) is 27.7 Å². The van der Waals surface area contributed by atoms with E-state index in [-0.39, 0.29) is 23.6 Å². The van der Waals surface area contributed by atoms with Gasteiger partial charge in [0.15, 0.2) is 0 Å². The van der Waals surface area contributed by atoms with E-state index in [1.807, 2.05) is 0 Å². The monoisotopic (exact) mass is 236 g/mol. The summed E-state index contributed by atoms with van der Waals surface area (Å²) in [5.41, 5.74) is 17.9. The Hall–Kier alpha value is -2.12. The molecule has 0 aliphatic heterocycles. The average Bonchev–Trinajstić information content (AvgIpc) is 1.76. The lowest BCUT2D eigenvalue weighted by Crippen LogP contribution is -2.01. The molecule has 0 aromatic rings. The Morgan fingerprint density at radius 2 is 0.500 bits per heavy atom. The third-order valence-electron chi connectivity index (χ3n) is 0. The van der Waals surface area contributed by atoms with E-state index in [2.05, 4.69) is 22.9 Å². The minimum absolute atomic E-state index is 0.333. The molecule has 0 aliphatic rings. The van der Waals surface area contributed by atoms with E-state index in [1.54, 1.807) is 0 Å². The van der Waals surface area contributed by atoms with Crippen molar-refractivity contribution in [3.05, 3.63) is 0 Å². The van der Waals surface area contributed by atoms with Crippen LogP contribution in [0.4, 0.5) is 0 Å². The quantitative estimate of drug-likeness (QED) is 0.379. The second-order valence-electron chi connectivity index (χ2n) is 2.44. The molecule has 8 N–H and O–H groups in total. The molecule has 0 aromatic carbocycles. The maximum atomic E-state index is 9.22. The summed E-state index contributed by atoms with van der Waals surface area (Å²) in [4.78, 5) is 36.9. The molecule has 0 atom stereocenters. The molecule has 0 unspecified atom stereocenters. The van der Waals surface area contributed by atoms with E-state index in [1.165, 1.54) is 27.7 Å². The number of primary amides is 4. The van der Waals surface area contributed by atoms with E-state index in [0.717, 1.165) is 0 Å². The number of carbonyl (C=O) groups excluding carboxylic acids is 4. The Bertz CT molecular complexity index is 164. The lowest BCUT2D eigenvalue weighted by Gasteiger charge is -1.60. The van der Waals surface area contributed by atoms with Crippen LogP contribution in [0.3, 0.4) is 0 Å². The molecular formula is C8H20N4O4. The second-order valence-corrected chi connectivity index (χ2v) is 2.44. The minimum atomic E-state index is -0.333. The van der Waals surface area contributed by atoms with Gasteiger partial charge in [-0.25, -0.2) is 0 Å². The molecular weight excluding hydrogens is 216 g/mol. The first-order valence-corrected chi connectivity index (χ1v) is 3.97. The zero-order valence-corrected chi connectivity index (χ0v) is 9.94. The Balaban J connectivity index is -0.0000000600. The summed E-state index contributed by atoms with van der Waals surface area (Å²) < 4.78 is 0. The van der Waals surface area contributed by atoms with Gasteiger partial charge in [-0.3, -0.25) is 19.2 Å². The summed E-state index contributed by atoms with van der Waals surface area (Å²) in [6.45, 7) is 5.22. The van der Waals surface area contributed by atoms with Crippen LogP contribution in [-0.2, 0) is 19.2 Å². The normalized spacial score (nSPS) is 6.25. The first kappa shape index (κ1) is 23.6. The van der Waals surface area contributed by atoms with Crippen LogP contribution in [-0.4, -0.2) is 23.6 Å². The smallest absolute Gasteiger partial charge is 0.214 e. The summed E-state index contributed by atoms with van der Waals surface area (Å²) in [7, 11) is 0. The van der Waals surface area contributed by atoms with Crippen molar-refractivity contribution in [3.8, 4) is 0 Å². The molecule has 0 bridgehead atoms. The summed E-state index contributed by atoms with van der Waals surface area (Å²) in [5, 5.41) is 0. The standard InChI is InChI=1S/4C2H5NO/c4*1-2(3)4/h4*1H3,(H2,3,4). The third kappa shape index (κ3) is 313. The molecule has 4 amide bonds. The van der Waals surface area contributed by atoms with Crippen molar-refractivity contribution in [2.24, 2.45) is 22.9 Å². The SMILES string of the molecule is CC(N)=O.CC(N)=O.CC(N)=O.CC(N)=O. The molecule has 8 nitrogen and oxygen atoms in total. The van der Waals surface area contributed by atoms with Crippen molar-refractivity contribution in [1.82, 2.24) is 0 Å². The van der Waals surface area contributed by atoms with Crippen LogP contribution in [0.25, 0.3) is 0 Å². The Labute approximate surface area is 94.3 Å². The van der Waals surface area contributed by atoms with E-state index in [0.29, 0.717) is 0 Å². The molecule has 0 aliphatic carbocycles. The number of nitrogens with two attached hydrogens (primary N) is 4. The van der Waals surface area contributed by atoms with Gasteiger partial charge in [-0.05, 0) is 0 Å². The largest absolute Gasteiger partial charge is 0.370 e. The fourth-order valence-corrected chi connectivity index (χ4v) is 0. The maximum Gasteiger partial charge on any atom is 0.214 e. The Kier molecular flexibility index (Phi) is 27.5. The highest BCUT2D eigenvalue weighted by Gasteiger charge is 1.62. The van der Waals surface area contributed by atoms with Gasteiger partial charge in [-0.2, -0.15) is 0 Å². The van der Waals surface area contributed by atoms with Crippen LogP contribution in [0.5, 0.6) is 0 Å². The van der Waals surface area contributed by atoms with Gasteiger partial charge >= 0.3 is 0 Å². The van der Waals surface area contributed by atoms with E-state index in [4.69, 9.17) is 0 Å². The number of hydrogen-bond acceptors (Lipinski definition) is 4. The lowest BCUT2D eigenvalue weighted by atomic mass is 10.8. The highest BCUT2D eigenvalue weighted by Crippen LogP contribution is 1.34. The lowest BCUT2D eigenvalue weighted by molar-refractivity contribution is -0.116. The van der Waals surface area contributed by atoms with Crippen molar-refractivity contribution in [2.45, 2.75) is 27.7 Å². The van der Waals surface area contributed by atoms with Crippen molar-refractivity contribution >= 4 is 23.6 Å². The molecule has 0 spiro atoms. The predicted molar refractivity (Wildman–Crippen MR) is 59.5 cm³/mol. The van der Waals surface area contributed by atoms with Crippen LogP contribution < -0.4 is 22.9 Å². The van der Waals surface area contributed by atoms with Crippen molar-refractivity contribution in [1.29, 1.82) is 0 Å². The highest BCUT2D eigenvalue weighted by atomic mass is 16.2. The zero-order chi connectivity index (χ0) is 14.3. The molecule has 0 radical (unpaired) electrons. The first-order valence-electron chi connectivity index (χ1n) is 3.97. The number of carbonyl (C=O) groups is 4. The van der Waals surface area contributed by atoms with Gasteiger partial charge in [-0.15, -0.1) is 0 Å². The molecule has 0 saturated heterocycles. The number of amides is 4. The van der Waals surface area contributed by atoms with Gasteiger partial charge in [0.25, 0.3) is 0 Å². The van der Waals surface area contributed by atoms with Crippen molar-refractivity contribution in [3.63, 3.8) is 0 Å². The Morgan fingerprint density at radius 1 is 0.500 bits per heavy atom. The fourth-order valence-electron chi connectivity index (χ4n) is 0. The molecule has 0 heterocycles. The summed E-state index contributed by atoms with van der Waals surface area (Å²) in [6, 6.07) is 0. The van der Waals surface area contributed by atoms with Crippen LogP contribution >= 0.6 is 0 Å². The molecule has 0 fully saturated rings. The van der Waals surface area contributed by atoms with Crippen LogP contribution in [0.15, 0.2) is 0 Å². The van der Waals surface area contributed by atoms with Crippen LogP contribution in [0, 0.1) is 0 Å². The average molecular weight is 236 g/mol. The fraction of sp³-hybridized carbons (Fsp3) is 0.500. The van der Waals surface area contributed by atoms with E-state index in [9.17, 15) is 19.2 Å². The molecule has 8 heteroatoms. The molecule has 0 saturated carbocycles.